The van der Waals surface area contributed by atoms with E-state index < -0.39 is 35.6 Å². The molecule has 3 amide bonds. The van der Waals surface area contributed by atoms with Gasteiger partial charge in [-0.2, -0.15) is 0 Å². The Hall–Kier alpha value is -2.98. The van der Waals surface area contributed by atoms with Gasteiger partial charge in [-0.3, -0.25) is 14.4 Å². The van der Waals surface area contributed by atoms with E-state index >= 15 is 0 Å². The zero-order valence-corrected chi connectivity index (χ0v) is 28.1. The Labute approximate surface area is 278 Å². The van der Waals surface area contributed by atoms with Crippen molar-refractivity contribution in [3.63, 3.8) is 0 Å². The van der Waals surface area contributed by atoms with E-state index in [1.165, 1.54) is 9.80 Å². The second-order valence-electron chi connectivity index (χ2n) is 12.2. The van der Waals surface area contributed by atoms with E-state index in [4.69, 9.17) is 16.3 Å². The second kappa shape index (κ2) is 13.8. The lowest BCUT2D eigenvalue weighted by atomic mass is 9.70. The summed E-state index contributed by atoms with van der Waals surface area (Å²) in [5, 5.41) is 11.1. The smallest absolute Gasteiger partial charge is 0.253 e. The van der Waals surface area contributed by atoms with Crippen LogP contribution < -0.4 is 4.90 Å². The van der Waals surface area contributed by atoms with Gasteiger partial charge in [-0.1, -0.05) is 102 Å². The lowest BCUT2D eigenvalue weighted by Crippen LogP contribution is -2.60. The third-order valence-electron chi connectivity index (χ3n) is 9.69. The molecule has 3 aliphatic heterocycles. The van der Waals surface area contributed by atoms with Gasteiger partial charge in [0.15, 0.2) is 0 Å². The highest BCUT2D eigenvalue weighted by molar-refractivity contribution is 9.09. The molecule has 3 unspecified atom stereocenters. The standard InChI is InChI=1S/C35H41BrClN3O5/c1-5-17-38(20-23-13-9-8-10-14-23)32(42)28-29-33(43)40(27(21-41)22(4)7-3)31(35(29)19-24(36)30(28)45-35)34(44)39(18-6-2)26-16-12-11-15-25(26)37/h5-6,8-16,22,24,27-31,41H,1-2,7,17-21H2,3-4H3/t22-,24?,27-,28+,29-,30+,31?,35?/m0/s1. The van der Waals surface area contributed by atoms with Crippen LogP contribution in [0, 0.1) is 17.8 Å². The molecule has 45 heavy (non-hydrogen) atoms. The maximum absolute atomic E-state index is 14.9. The largest absolute Gasteiger partial charge is 0.394 e. The van der Waals surface area contributed by atoms with Crippen molar-refractivity contribution in [3.8, 4) is 0 Å². The van der Waals surface area contributed by atoms with Crippen molar-refractivity contribution in [1.29, 1.82) is 0 Å². The lowest BCUT2D eigenvalue weighted by Gasteiger charge is -2.41. The van der Waals surface area contributed by atoms with Gasteiger partial charge in [-0.05, 0) is 30.0 Å². The molecule has 3 aliphatic rings. The summed E-state index contributed by atoms with van der Waals surface area (Å²) >= 11 is 10.4. The molecule has 2 bridgehead atoms. The van der Waals surface area contributed by atoms with Crippen LogP contribution in [0.3, 0.4) is 0 Å². The van der Waals surface area contributed by atoms with E-state index in [0.29, 0.717) is 30.1 Å². The Morgan fingerprint density at radius 2 is 1.80 bits per heavy atom. The molecule has 1 spiro atoms. The van der Waals surface area contributed by atoms with Crippen LogP contribution in [0.15, 0.2) is 79.9 Å². The van der Waals surface area contributed by atoms with Crippen molar-refractivity contribution >= 4 is 50.9 Å². The van der Waals surface area contributed by atoms with Crippen LogP contribution >= 0.6 is 27.5 Å². The summed E-state index contributed by atoms with van der Waals surface area (Å²) in [5.74, 6) is -2.82. The van der Waals surface area contributed by atoms with Gasteiger partial charge in [-0.25, -0.2) is 0 Å². The Kier molecular flexibility index (Phi) is 10.2. The van der Waals surface area contributed by atoms with Gasteiger partial charge >= 0.3 is 0 Å². The molecule has 5 rings (SSSR count). The number of para-hydroxylation sites is 1. The van der Waals surface area contributed by atoms with Gasteiger partial charge in [0, 0.05) is 24.5 Å². The highest BCUT2D eigenvalue weighted by atomic mass is 79.9. The first-order valence-corrected chi connectivity index (χ1v) is 16.8. The summed E-state index contributed by atoms with van der Waals surface area (Å²) in [6.45, 7) is 12.1. The summed E-state index contributed by atoms with van der Waals surface area (Å²) in [6.07, 6.45) is 3.70. The number of hydrogen-bond acceptors (Lipinski definition) is 5. The first-order chi connectivity index (χ1) is 21.6. The van der Waals surface area contributed by atoms with Gasteiger partial charge in [-0.15, -0.1) is 13.2 Å². The fraction of sp³-hybridized carbons (Fsp3) is 0.457. The predicted octanol–water partition coefficient (Wildman–Crippen LogP) is 5.23. The van der Waals surface area contributed by atoms with Gasteiger partial charge in [0.1, 0.15) is 11.6 Å². The van der Waals surface area contributed by atoms with E-state index in [9.17, 15) is 19.5 Å². The number of likely N-dealkylation sites (tertiary alicyclic amines) is 1. The monoisotopic (exact) mass is 697 g/mol. The van der Waals surface area contributed by atoms with Crippen LogP contribution in [-0.4, -0.2) is 80.9 Å². The maximum Gasteiger partial charge on any atom is 0.253 e. The van der Waals surface area contributed by atoms with Crippen molar-refractivity contribution in [1.82, 2.24) is 9.80 Å². The molecule has 0 radical (unpaired) electrons. The van der Waals surface area contributed by atoms with E-state index in [1.807, 2.05) is 44.2 Å². The fourth-order valence-electron chi connectivity index (χ4n) is 7.46. The minimum atomic E-state index is -1.29. The molecule has 10 heteroatoms. The number of carbonyl (C=O) groups is 3. The van der Waals surface area contributed by atoms with Crippen LogP contribution in [0.25, 0.3) is 0 Å². The van der Waals surface area contributed by atoms with Gasteiger partial charge in [0.25, 0.3) is 5.91 Å². The van der Waals surface area contributed by atoms with Gasteiger partial charge in [0.05, 0.1) is 41.3 Å². The zero-order valence-electron chi connectivity index (χ0n) is 25.7. The number of anilines is 1. The summed E-state index contributed by atoms with van der Waals surface area (Å²) in [6, 6.07) is 14.9. The summed E-state index contributed by atoms with van der Waals surface area (Å²) in [5.41, 5.74) is 0.142. The number of aliphatic hydroxyl groups is 1. The number of fused-ring (bicyclic) bond motifs is 1. The third kappa shape index (κ3) is 5.77. The number of ether oxygens (including phenoxy) is 1. The van der Waals surface area contributed by atoms with Gasteiger partial charge < -0.3 is 24.5 Å². The number of amides is 3. The number of nitrogens with zero attached hydrogens (tertiary/aromatic N) is 3. The summed E-state index contributed by atoms with van der Waals surface area (Å²) in [4.78, 5) is 48.7. The van der Waals surface area contributed by atoms with Crippen molar-refractivity contribution in [2.75, 3.05) is 24.6 Å². The summed E-state index contributed by atoms with van der Waals surface area (Å²) in [7, 11) is 0. The first kappa shape index (κ1) is 33.4. The molecule has 3 heterocycles. The topological polar surface area (TPSA) is 90.4 Å². The fourth-order valence-corrected chi connectivity index (χ4v) is 8.64. The highest BCUT2D eigenvalue weighted by Crippen LogP contribution is 2.61. The van der Waals surface area contributed by atoms with Crippen LogP contribution in [0.1, 0.15) is 32.3 Å². The molecule has 1 N–H and O–H groups in total. The zero-order chi connectivity index (χ0) is 32.5. The normalized spacial score (nSPS) is 28.0. The first-order valence-electron chi connectivity index (χ1n) is 15.5. The third-order valence-corrected chi connectivity index (χ3v) is 10.9. The van der Waals surface area contributed by atoms with E-state index in [-0.39, 0.29) is 48.2 Å². The number of aliphatic hydroxyl groups excluding tert-OH is 1. The molecule has 8 atom stereocenters. The molecular weight excluding hydrogens is 658 g/mol. The average Bonchev–Trinajstić information content (AvgIpc) is 3.63. The molecule has 0 aliphatic carbocycles. The quantitative estimate of drug-likeness (QED) is 0.229. The highest BCUT2D eigenvalue weighted by Gasteiger charge is 2.77. The molecule has 0 aromatic heterocycles. The van der Waals surface area contributed by atoms with Crippen molar-refractivity contribution in [3.05, 3.63) is 90.5 Å². The number of carbonyl (C=O) groups excluding carboxylic acids is 3. The SMILES string of the molecule is C=CCN(Cc1ccccc1)C(=O)[C@H]1[C@@H]2OC3(CC2Br)C(C(=O)N(CC=C)c2ccccc2Cl)N([C@@H](CO)[C@@H](C)CC)C(=O)[C@H]13. The Balaban J connectivity index is 1.62. The number of rotatable bonds is 13. The van der Waals surface area contributed by atoms with E-state index in [0.717, 1.165) is 5.56 Å². The van der Waals surface area contributed by atoms with E-state index in [2.05, 4.69) is 29.1 Å². The maximum atomic E-state index is 14.9. The number of halogens is 2. The number of benzene rings is 2. The molecule has 3 saturated heterocycles. The van der Waals surface area contributed by atoms with Gasteiger partial charge in [0.2, 0.25) is 11.8 Å². The lowest BCUT2D eigenvalue weighted by molar-refractivity contribution is -0.148. The Morgan fingerprint density at radius 3 is 2.42 bits per heavy atom. The molecule has 2 aromatic carbocycles. The molecule has 240 valence electrons. The van der Waals surface area contributed by atoms with E-state index in [1.54, 1.807) is 41.3 Å². The molecule has 2 aromatic rings. The van der Waals surface area contributed by atoms with Crippen LogP contribution in [0.5, 0.6) is 0 Å². The molecule has 0 saturated carbocycles. The molecular formula is C35H41BrClN3O5. The average molecular weight is 699 g/mol. The minimum absolute atomic E-state index is 0.126. The molecule has 8 nitrogen and oxygen atoms in total. The van der Waals surface area contributed by atoms with Crippen LogP contribution in [0.2, 0.25) is 5.02 Å². The number of hydrogen-bond donors (Lipinski definition) is 1. The summed E-state index contributed by atoms with van der Waals surface area (Å²) < 4.78 is 6.77. The van der Waals surface area contributed by atoms with Crippen molar-refractivity contribution in [2.24, 2.45) is 17.8 Å². The van der Waals surface area contributed by atoms with Crippen LogP contribution in [-0.2, 0) is 25.7 Å². The second-order valence-corrected chi connectivity index (χ2v) is 13.8. The van der Waals surface area contributed by atoms with Crippen molar-refractivity contribution < 1.29 is 24.2 Å². The Morgan fingerprint density at radius 1 is 1.13 bits per heavy atom. The van der Waals surface area contributed by atoms with Crippen molar-refractivity contribution in [2.45, 2.75) is 61.8 Å². The predicted molar refractivity (Wildman–Crippen MR) is 179 cm³/mol. The van der Waals surface area contributed by atoms with Crippen LogP contribution in [0.4, 0.5) is 5.69 Å². The molecule has 3 fully saturated rings. The Bertz CT molecular complexity index is 1440. The minimum Gasteiger partial charge on any atom is -0.394 e. The number of alkyl halides is 1.